The Hall–Kier alpha value is -1.58. The van der Waals surface area contributed by atoms with Crippen molar-refractivity contribution in [2.75, 3.05) is 26.2 Å². The van der Waals surface area contributed by atoms with Gasteiger partial charge in [-0.15, -0.1) is 12.4 Å². The molecule has 0 aliphatic carbocycles. The van der Waals surface area contributed by atoms with Crippen LogP contribution in [-0.2, 0) is 5.41 Å². The average molecular weight is 420 g/mol. The smallest absolute Gasteiger partial charge is 0.123 e. The van der Waals surface area contributed by atoms with Crippen LogP contribution in [0.5, 0.6) is 5.75 Å². The average Bonchev–Trinajstić information content (AvgIpc) is 2.67. The highest BCUT2D eigenvalue weighted by Crippen LogP contribution is 2.34. The standard InChI is InChI=1S/C25H34FNO.ClH/c1-5-15-27-16-14-24(19-6-10-22(26)11-7-19)20(17-27)18-28-23-12-8-21(9-13-23)25(2,3)4;/h6-13,20,24H,5,14-18H2,1-4H3;1H/t20-,24-;/m1./s1. The summed E-state index contributed by atoms with van der Waals surface area (Å²) < 4.78 is 19.6. The number of benzene rings is 2. The predicted molar refractivity (Wildman–Crippen MR) is 122 cm³/mol. The van der Waals surface area contributed by atoms with Gasteiger partial charge in [-0.3, -0.25) is 0 Å². The van der Waals surface area contributed by atoms with Gasteiger partial charge in [0.1, 0.15) is 11.6 Å². The summed E-state index contributed by atoms with van der Waals surface area (Å²) in [5, 5.41) is 0. The second-order valence-corrected chi connectivity index (χ2v) is 9.09. The first-order chi connectivity index (χ1) is 13.4. The molecule has 0 spiro atoms. The lowest BCUT2D eigenvalue weighted by atomic mass is 9.80. The molecule has 1 heterocycles. The van der Waals surface area contributed by atoms with Gasteiger partial charge in [0.15, 0.2) is 0 Å². The van der Waals surface area contributed by atoms with Crippen molar-refractivity contribution in [3.05, 3.63) is 65.5 Å². The van der Waals surface area contributed by atoms with Gasteiger partial charge in [-0.2, -0.15) is 0 Å². The maximum atomic E-state index is 13.4. The Balaban J connectivity index is 0.00000300. The van der Waals surface area contributed by atoms with Crippen LogP contribution in [0.1, 0.15) is 57.6 Å². The van der Waals surface area contributed by atoms with Crippen molar-refractivity contribution in [1.29, 1.82) is 0 Å². The Kier molecular flexibility index (Phi) is 8.54. The number of nitrogens with zero attached hydrogens (tertiary/aromatic N) is 1. The molecule has 160 valence electrons. The van der Waals surface area contributed by atoms with Crippen LogP contribution in [0.3, 0.4) is 0 Å². The summed E-state index contributed by atoms with van der Waals surface area (Å²) in [6.07, 6.45) is 2.27. The van der Waals surface area contributed by atoms with E-state index in [0.717, 1.165) is 31.8 Å². The summed E-state index contributed by atoms with van der Waals surface area (Å²) in [6.45, 7) is 12.9. The SMILES string of the molecule is CCCN1CC[C@H](c2ccc(F)cc2)[C@@H](COc2ccc(C(C)(C)C)cc2)C1.Cl. The van der Waals surface area contributed by atoms with Crippen LogP contribution in [0.25, 0.3) is 0 Å². The zero-order valence-electron chi connectivity index (χ0n) is 18.2. The fourth-order valence-electron chi connectivity index (χ4n) is 4.20. The molecule has 0 N–H and O–H groups in total. The Morgan fingerprint density at radius 2 is 1.69 bits per heavy atom. The lowest BCUT2D eigenvalue weighted by Crippen LogP contribution is -2.42. The van der Waals surface area contributed by atoms with E-state index in [1.807, 2.05) is 12.1 Å². The lowest BCUT2D eigenvalue weighted by Gasteiger charge is -2.38. The predicted octanol–water partition coefficient (Wildman–Crippen LogP) is 6.44. The van der Waals surface area contributed by atoms with Gasteiger partial charge in [0.2, 0.25) is 0 Å². The summed E-state index contributed by atoms with van der Waals surface area (Å²) in [4.78, 5) is 2.54. The Morgan fingerprint density at radius 1 is 1.03 bits per heavy atom. The van der Waals surface area contributed by atoms with Gasteiger partial charge < -0.3 is 9.64 Å². The minimum absolute atomic E-state index is 0. The van der Waals surface area contributed by atoms with Crippen LogP contribution in [0, 0.1) is 11.7 Å². The Bertz CT molecular complexity index is 739. The largest absolute Gasteiger partial charge is 0.493 e. The Labute approximate surface area is 181 Å². The molecule has 29 heavy (non-hydrogen) atoms. The third-order valence-electron chi connectivity index (χ3n) is 5.84. The molecule has 0 radical (unpaired) electrons. The molecule has 1 fully saturated rings. The van der Waals surface area contributed by atoms with Gasteiger partial charge in [0.05, 0.1) is 6.61 Å². The van der Waals surface area contributed by atoms with Crippen LogP contribution < -0.4 is 4.74 Å². The molecule has 0 saturated carbocycles. The molecule has 2 atom stereocenters. The minimum atomic E-state index is -0.168. The van der Waals surface area contributed by atoms with Gasteiger partial charge in [-0.05, 0) is 72.7 Å². The molecule has 1 aliphatic rings. The number of ether oxygens (including phenoxy) is 1. The molecule has 0 aromatic heterocycles. The summed E-state index contributed by atoms with van der Waals surface area (Å²) in [6, 6.07) is 15.5. The van der Waals surface area contributed by atoms with Crippen LogP contribution in [0.2, 0.25) is 0 Å². The van der Waals surface area contributed by atoms with Gasteiger partial charge in [-0.25, -0.2) is 4.39 Å². The number of rotatable bonds is 6. The zero-order valence-corrected chi connectivity index (χ0v) is 19.0. The van der Waals surface area contributed by atoms with E-state index in [4.69, 9.17) is 4.74 Å². The fourth-order valence-corrected chi connectivity index (χ4v) is 4.20. The van der Waals surface area contributed by atoms with Crippen molar-refractivity contribution in [2.45, 2.75) is 51.9 Å². The van der Waals surface area contributed by atoms with Crippen LogP contribution in [-0.4, -0.2) is 31.1 Å². The highest BCUT2D eigenvalue weighted by atomic mass is 35.5. The molecule has 0 unspecified atom stereocenters. The monoisotopic (exact) mass is 419 g/mol. The van der Waals surface area contributed by atoms with E-state index in [2.05, 4.69) is 56.9 Å². The van der Waals surface area contributed by atoms with E-state index in [1.54, 1.807) is 12.1 Å². The first-order valence-corrected chi connectivity index (χ1v) is 10.6. The Morgan fingerprint density at radius 3 is 2.28 bits per heavy atom. The number of piperidine rings is 1. The van der Waals surface area contributed by atoms with Gasteiger partial charge >= 0.3 is 0 Å². The summed E-state index contributed by atoms with van der Waals surface area (Å²) in [5.74, 6) is 1.59. The second-order valence-electron chi connectivity index (χ2n) is 9.09. The van der Waals surface area contributed by atoms with E-state index in [1.165, 1.54) is 17.5 Å². The van der Waals surface area contributed by atoms with Crippen molar-refractivity contribution < 1.29 is 9.13 Å². The van der Waals surface area contributed by atoms with E-state index in [9.17, 15) is 4.39 Å². The van der Waals surface area contributed by atoms with Crippen molar-refractivity contribution >= 4 is 12.4 Å². The zero-order chi connectivity index (χ0) is 20.1. The number of likely N-dealkylation sites (tertiary alicyclic amines) is 1. The van der Waals surface area contributed by atoms with Gasteiger partial charge in [0, 0.05) is 12.5 Å². The highest BCUT2D eigenvalue weighted by Gasteiger charge is 2.30. The normalized spacial score (nSPS) is 20.2. The highest BCUT2D eigenvalue weighted by molar-refractivity contribution is 5.85. The molecule has 1 saturated heterocycles. The lowest BCUT2D eigenvalue weighted by molar-refractivity contribution is 0.111. The van der Waals surface area contributed by atoms with E-state index < -0.39 is 0 Å². The van der Waals surface area contributed by atoms with Crippen molar-refractivity contribution in [1.82, 2.24) is 4.90 Å². The first-order valence-electron chi connectivity index (χ1n) is 10.6. The molecule has 0 amide bonds. The van der Waals surface area contributed by atoms with Crippen LogP contribution >= 0.6 is 12.4 Å². The summed E-state index contributed by atoms with van der Waals surface area (Å²) >= 11 is 0. The van der Waals surface area contributed by atoms with E-state index >= 15 is 0 Å². The molecule has 3 rings (SSSR count). The molecule has 2 aromatic rings. The van der Waals surface area contributed by atoms with Gasteiger partial charge in [0.25, 0.3) is 0 Å². The second kappa shape index (κ2) is 10.4. The van der Waals surface area contributed by atoms with Crippen LogP contribution in [0.15, 0.2) is 48.5 Å². The number of hydrogen-bond acceptors (Lipinski definition) is 2. The molecule has 1 aliphatic heterocycles. The maximum absolute atomic E-state index is 13.4. The molecule has 4 heteroatoms. The van der Waals surface area contributed by atoms with Gasteiger partial charge in [-0.1, -0.05) is 52.0 Å². The van der Waals surface area contributed by atoms with Crippen molar-refractivity contribution in [3.8, 4) is 5.75 Å². The molecule has 2 aromatic carbocycles. The molecule has 0 bridgehead atoms. The van der Waals surface area contributed by atoms with E-state index in [-0.39, 0.29) is 23.6 Å². The topological polar surface area (TPSA) is 12.5 Å². The third kappa shape index (κ3) is 6.45. The molecular formula is C25H35ClFNO. The van der Waals surface area contributed by atoms with Crippen molar-refractivity contribution in [2.24, 2.45) is 5.92 Å². The first kappa shape index (κ1) is 23.7. The number of halogens is 2. The van der Waals surface area contributed by atoms with Crippen LogP contribution in [0.4, 0.5) is 4.39 Å². The fraction of sp³-hybridized carbons (Fsp3) is 0.520. The molecular weight excluding hydrogens is 385 g/mol. The summed E-state index contributed by atoms with van der Waals surface area (Å²) in [7, 11) is 0. The minimum Gasteiger partial charge on any atom is -0.493 e. The summed E-state index contributed by atoms with van der Waals surface area (Å²) in [5.41, 5.74) is 2.70. The van der Waals surface area contributed by atoms with Crippen molar-refractivity contribution in [3.63, 3.8) is 0 Å². The third-order valence-corrected chi connectivity index (χ3v) is 5.84. The molecule has 2 nitrogen and oxygen atoms in total. The number of hydrogen-bond donors (Lipinski definition) is 0. The quantitative estimate of drug-likeness (QED) is 0.534. The van der Waals surface area contributed by atoms with E-state index in [0.29, 0.717) is 18.4 Å². The maximum Gasteiger partial charge on any atom is 0.123 e.